The third-order valence-corrected chi connectivity index (χ3v) is 3.01. The molecule has 0 aliphatic carbocycles. The van der Waals surface area contributed by atoms with Crippen LogP contribution in [0.15, 0.2) is 30.5 Å². The first-order valence-corrected chi connectivity index (χ1v) is 6.89. The Balaban J connectivity index is 2.19. The lowest BCUT2D eigenvalue weighted by molar-refractivity contribution is 0.807. The summed E-state index contributed by atoms with van der Waals surface area (Å²) in [5.41, 5.74) is 1.02. The van der Waals surface area contributed by atoms with Crippen LogP contribution in [0, 0.1) is 0 Å². The van der Waals surface area contributed by atoms with Crippen LogP contribution in [-0.4, -0.2) is 29.0 Å². The number of anilines is 2. The minimum Gasteiger partial charge on any atom is -0.373 e. The van der Waals surface area contributed by atoms with E-state index in [0.717, 1.165) is 42.5 Å². The molecule has 2 heterocycles. The molecule has 106 valence electrons. The van der Waals surface area contributed by atoms with Gasteiger partial charge in [-0.05, 0) is 18.6 Å². The summed E-state index contributed by atoms with van der Waals surface area (Å²) in [6, 6.07) is 7.90. The van der Waals surface area contributed by atoms with E-state index in [-0.39, 0.29) is 0 Å². The predicted octanol–water partition coefficient (Wildman–Crippen LogP) is 2.50. The van der Waals surface area contributed by atoms with Gasteiger partial charge < -0.3 is 10.2 Å². The van der Waals surface area contributed by atoms with Crippen LogP contribution in [0.1, 0.15) is 24.9 Å². The minimum absolute atomic E-state index is 0.729. The van der Waals surface area contributed by atoms with Crippen molar-refractivity contribution in [1.82, 2.24) is 15.0 Å². The molecule has 0 spiro atoms. The molecule has 0 aliphatic rings. The third-order valence-electron chi connectivity index (χ3n) is 3.01. The second-order valence-corrected chi connectivity index (χ2v) is 4.70. The fourth-order valence-corrected chi connectivity index (χ4v) is 1.96. The lowest BCUT2D eigenvalue weighted by atomic mass is 10.3. The highest BCUT2D eigenvalue weighted by atomic mass is 15.2. The van der Waals surface area contributed by atoms with Gasteiger partial charge in [0, 0.05) is 32.8 Å². The quantitative estimate of drug-likeness (QED) is 0.875. The van der Waals surface area contributed by atoms with E-state index in [4.69, 9.17) is 0 Å². The number of aryl methyl sites for hydroxylation is 1. The highest BCUT2D eigenvalue weighted by Crippen LogP contribution is 2.17. The molecule has 0 aliphatic heterocycles. The molecule has 5 nitrogen and oxygen atoms in total. The number of pyridine rings is 1. The topological polar surface area (TPSA) is 53.9 Å². The molecule has 0 radical (unpaired) electrons. The average molecular weight is 271 g/mol. The SMILES string of the molecule is CCCc1nc(NC)cc(N(C)Cc2ccccn2)n1. The number of hydrogen-bond donors (Lipinski definition) is 1. The monoisotopic (exact) mass is 271 g/mol. The minimum atomic E-state index is 0.729. The van der Waals surface area contributed by atoms with Gasteiger partial charge in [-0.3, -0.25) is 4.98 Å². The molecule has 0 amide bonds. The van der Waals surface area contributed by atoms with Crippen molar-refractivity contribution >= 4 is 11.6 Å². The van der Waals surface area contributed by atoms with Gasteiger partial charge in [0.05, 0.1) is 12.2 Å². The molecule has 0 fully saturated rings. The van der Waals surface area contributed by atoms with Crippen molar-refractivity contribution in [3.05, 3.63) is 42.0 Å². The first-order valence-electron chi connectivity index (χ1n) is 6.89. The highest BCUT2D eigenvalue weighted by Gasteiger charge is 2.08. The van der Waals surface area contributed by atoms with Gasteiger partial charge in [0.25, 0.3) is 0 Å². The molecular formula is C15H21N5. The van der Waals surface area contributed by atoms with E-state index in [1.165, 1.54) is 0 Å². The van der Waals surface area contributed by atoms with Crippen LogP contribution in [0.5, 0.6) is 0 Å². The summed E-state index contributed by atoms with van der Waals surface area (Å²) in [4.78, 5) is 15.5. The van der Waals surface area contributed by atoms with E-state index >= 15 is 0 Å². The highest BCUT2D eigenvalue weighted by molar-refractivity contribution is 5.48. The first kappa shape index (κ1) is 14.2. The summed E-state index contributed by atoms with van der Waals surface area (Å²) >= 11 is 0. The maximum absolute atomic E-state index is 4.61. The molecule has 0 saturated carbocycles. The van der Waals surface area contributed by atoms with Gasteiger partial charge in [0.2, 0.25) is 0 Å². The molecule has 0 aromatic carbocycles. The normalized spacial score (nSPS) is 10.3. The molecule has 0 saturated heterocycles. The van der Waals surface area contributed by atoms with Crippen LogP contribution in [0.25, 0.3) is 0 Å². The van der Waals surface area contributed by atoms with Crippen LogP contribution >= 0.6 is 0 Å². The second kappa shape index (κ2) is 6.84. The average Bonchev–Trinajstić information content (AvgIpc) is 2.48. The maximum atomic E-state index is 4.61. The van der Waals surface area contributed by atoms with E-state index in [0.29, 0.717) is 0 Å². The van der Waals surface area contributed by atoms with Crippen LogP contribution in [-0.2, 0) is 13.0 Å². The van der Waals surface area contributed by atoms with E-state index < -0.39 is 0 Å². The van der Waals surface area contributed by atoms with E-state index in [9.17, 15) is 0 Å². The molecule has 1 N–H and O–H groups in total. The van der Waals surface area contributed by atoms with Gasteiger partial charge in [-0.25, -0.2) is 9.97 Å². The Labute approximate surface area is 120 Å². The molecule has 20 heavy (non-hydrogen) atoms. The first-order chi connectivity index (χ1) is 9.72. The summed E-state index contributed by atoms with van der Waals surface area (Å²) in [7, 11) is 3.90. The molecule has 0 atom stereocenters. The Kier molecular flexibility index (Phi) is 4.87. The lowest BCUT2D eigenvalue weighted by Gasteiger charge is -2.19. The lowest BCUT2D eigenvalue weighted by Crippen LogP contribution is -2.19. The number of nitrogens with one attached hydrogen (secondary N) is 1. The van der Waals surface area contributed by atoms with E-state index in [1.54, 1.807) is 0 Å². The Morgan fingerprint density at radius 1 is 1.25 bits per heavy atom. The zero-order chi connectivity index (χ0) is 14.4. The van der Waals surface area contributed by atoms with Gasteiger partial charge in [0.1, 0.15) is 17.5 Å². The summed E-state index contributed by atoms with van der Waals surface area (Å²) in [6.07, 6.45) is 3.74. The zero-order valence-electron chi connectivity index (χ0n) is 12.3. The van der Waals surface area contributed by atoms with Crippen molar-refractivity contribution in [2.45, 2.75) is 26.3 Å². The van der Waals surface area contributed by atoms with Gasteiger partial charge in [-0.2, -0.15) is 0 Å². The van der Waals surface area contributed by atoms with Gasteiger partial charge in [-0.1, -0.05) is 13.0 Å². The van der Waals surface area contributed by atoms with Crippen molar-refractivity contribution in [2.24, 2.45) is 0 Å². The Morgan fingerprint density at radius 3 is 2.75 bits per heavy atom. The number of rotatable bonds is 6. The number of nitrogens with zero attached hydrogens (tertiary/aromatic N) is 4. The molecular weight excluding hydrogens is 250 g/mol. The standard InChI is InChI=1S/C15H21N5/c1-4-7-13-18-14(16-2)10-15(19-13)20(3)11-12-8-5-6-9-17-12/h5-6,8-10H,4,7,11H2,1-3H3,(H,16,18,19). The third kappa shape index (κ3) is 3.66. The molecule has 0 bridgehead atoms. The zero-order valence-corrected chi connectivity index (χ0v) is 12.3. The Bertz CT molecular complexity index is 541. The van der Waals surface area contributed by atoms with Crippen LogP contribution in [0.3, 0.4) is 0 Å². The maximum Gasteiger partial charge on any atom is 0.134 e. The second-order valence-electron chi connectivity index (χ2n) is 4.70. The van der Waals surface area contributed by atoms with Crippen LogP contribution in [0.2, 0.25) is 0 Å². The van der Waals surface area contributed by atoms with E-state index in [2.05, 4.69) is 32.1 Å². The molecule has 5 heteroatoms. The number of aromatic nitrogens is 3. The summed E-state index contributed by atoms with van der Waals surface area (Å²) < 4.78 is 0. The van der Waals surface area contributed by atoms with Crippen molar-refractivity contribution in [2.75, 3.05) is 24.3 Å². The summed E-state index contributed by atoms with van der Waals surface area (Å²) in [6.45, 7) is 2.86. The Hall–Kier alpha value is -2.17. The van der Waals surface area contributed by atoms with Gasteiger partial charge >= 0.3 is 0 Å². The van der Waals surface area contributed by atoms with Crippen molar-refractivity contribution < 1.29 is 0 Å². The van der Waals surface area contributed by atoms with E-state index in [1.807, 2.05) is 44.6 Å². The fourth-order valence-electron chi connectivity index (χ4n) is 1.96. The predicted molar refractivity (Wildman–Crippen MR) is 81.9 cm³/mol. The van der Waals surface area contributed by atoms with Crippen molar-refractivity contribution in [1.29, 1.82) is 0 Å². The molecule has 2 aromatic heterocycles. The van der Waals surface area contributed by atoms with Crippen LogP contribution < -0.4 is 10.2 Å². The van der Waals surface area contributed by atoms with Gasteiger partial charge in [-0.15, -0.1) is 0 Å². The van der Waals surface area contributed by atoms with Crippen LogP contribution in [0.4, 0.5) is 11.6 Å². The molecule has 2 aromatic rings. The summed E-state index contributed by atoms with van der Waals surface area (Å²) in [5.74, 6) is 2.65. The molecule has 0 unspecified atom stereocenters. The molecule has 2 rings (SSSR count). The smallest absolute Gasteiger partial charge is 0.134 e. The van der Waals surface area contributed by atoms with Crippen molar-refractivity contribution in [3.8, 4) is 0 Å². The Morgan fingerprint density at radius 2 is 2.10 bits per heavy atom. The van der Waals surface area contributed by atoms with Crippen molar-refractivity contribution in [3.63, 3.8) is 0 Å². The van der Waals surface area contributed by atoms with Gasteiger partial charge in [0.15, 0.2) is 0 Å². The largest absolute Gasteiger partial charge is 0.373 e. The number of hydrogen-bond acceptors (Lipinski definition) is 5. The summed E-state index contributed by atoms with van der Waals surface area (Å²) in [5, 5.41) is 3.09. The fraction of sp³-hybridized carbons (Fsp3) is 0.400.